The highest BCUT2D eigenvalue weighted by Crippen LogP contribution is 2.31. The molecule has 0 unspecified atom stereocenters. The summed E-state index contributed by atoms with van der Waals surface area (Å²) in [5, 5.41) is 10.2. The first-order chi connectivity index (χ1) is 7.53. The van der Waals surface area contributed by atoms with Gasteiger partial charge in [0.1, 0.15) is 0 Å². The average molecular weight is 217 g/mol. The van der Waals surface area contributed by atoms with Gasteiger partial charge >= 0.3 is 0 Å². The van der Waals surface area contributed by atoms with Crippen molar-refractivity contribution in [3.8, 4) is 0 Å². The minimum Gasteiger partial charge on any atom is -0.398 e. The molecule has 1 aliphatic rings. The zero-order valence-corrected chi connectivity index (χ0v) is 8.80. The first kappa shape index (κ1) is 10.9. The molecule has 0 saturated heterocycles. The fraction of sp³-hybridized carbons (Fsp3) is 0.167. The fourth-order valence-corrected chi connectivity index (χ4v) is 1.84. The minimum atomic E-state index is -1.62. The molecule has 84 valence electrons. The molecular weight excluding hydrogens is 202 g/mol. The van der Waals surface area contributed by atoms with Crippen molar-refractivity contribution >= 4 is 5.57 Å². The van der Waals surface area contributed by atoms with Crippen molar-refractivity contribution in [2.24, 2.45) is 17.2 Å². The summed E-state index contributed by atoms with van der Waals surface area (Å²) in [5.41, 5.74) is 17.5. The molecule has 2 rings (SSSR count). The summed E-state index contributed by atoms with van der Waals surface area (Å²) in [5.74, 6) is 0. The molecule has 1 aromatic carbocycles. The Labute approximate surface area is 94.0 Å². The normalized spacial score (nSPS) is 29.6. The van der Waals surface area contributed by atoms with Crippen LogP contribution in [0.1, 0.15) is 5.56 Å². The first-order valence-corrected chi connectivity index (χ1v) is 5.04. The van der Waals surface area contributed by atoms with Crippen molar-refractivity contribution < 1.29 is 5.11 Å². The zero-order chi connectivity index (χ0) is 11.8. The predicted molar refractivity (Wildman–Crippen MR) is 63.8 cm³/mol. The minimum absolute atomic E-state index is 0.443. The molecule has 0 aliphatic heterocycles. The number of aliphatic hydroxyl groups is 1. The van der Waals surface area contributed by atoms with E-state index in [0.717, 1.165) is 5.56 Å². The topological polar surface area (TPSA) is 98.3 Å². The maximum Gasteiger partial charge on any atom is 0.161 e. The van der Waals surface area contributed by atoms with Crippen LogP contribution in [0.25, 0.3) is 5.57 Å². The number of hydrogen-bond donors (Lipinski definition) is 4. The number of benzene rings is 1. The Hall–Kier alpha value is -1.62. The van der Waals surface area contributed by atoms with E-state index in [0.29, 0.717) is 11.3 Å². The Bertz CT molecular complexity index is 449. The van der Waals surface area contributed by atoms with Gasteiger partial charge in [-0.05, 0) is 11.6 Å². The molecule has 0 radical (unpaired) electrons. The van der Waals surface area contributed by atoms with E-state index in [9.17, 15) is 5.11 Å². The molecule has 0 spiro atoms. The van der Waals surface area contributed by atoms with Gasteiger partial charge in [0.15, 0.2) is 5.72 Å². The van der Waals surface area contributed by atoms with Crippen LogP contribution >= 0.6 is 0 Å². The summed E-state index contributed by atoms with van der Waals surface area (Å²) >= 11 is 0. The Kier molecular flexibility index (Phi) is 2.55. The molecule has 0 fully saturated rings. The molecule has 4 nitrogen and oxygen atoms in total. The van der Waals surface area contributed by atoms with Crippen LogP contribution in [-0.4, -0.2) is 16.9 Å². The van der Waals surface area contributed by atoms with Gasteiger partial charge in [-0.25, -0.2) is 0 Å². The number of allylic oxidation sites excluding steroid dienone is 1. The third kappa shape index (κ3) is 1.63. The van der Waals surface area contributed by atoms with Gasteiger partial charge in [-0.2, -0.15) is 0 Å². The molecule has 1 aromatic rings. The van der Waals surface area contributed by atoms with Gasteiger partial charge in [0, 0.05) is 11.3 Å². The van der Waals surface area contributed by atoms with Crippen molar-refractivity contribution in [2.45, 2.75) is 11.8 Å². The van der Waals surface area contributed by atoms with Crippen molar-refractivity contribution in [2.75, 3.05) is 0 Å². The summed E-state index contributed by atoms with van der Waals surface area (Å²) in [4.78, 5) is 0. The maximum atomic E-state index is 10.2. The molecule has 1 aliphatic carbocycles. The van der Waals surface area contributed by atoms with Crippen LogP contribution in [0.2, 0.25) is 0 Å². The molecular formula is C12H15N3O. The van der Waals surface area contributed by atoms with E-state index in [1.807, 2.05) is 30.3 Å². The second kappa shape index (κ2) is 3.75. The van der Waals surface area contributed by atoms with Crippen LogP contribution in [0.15, 0.2) is 48.2 Å². The van der Waals surface area contributed by atoms with Crippen LogP contribution in [0.4, 0.5) is 0 Å². The number of rotatable bonds is 1. The van der Waals surface area contributed by atoms with Crippen LogP contribution < -0.4 is 17.2 Å². The summed E-state index contributed by atoms with van der Waals surface area (Å²) in [6.07, 6.45) is 3.27. The Morgan fingerprint density at radius 3 is 2.44 bits per heavy atom. The van der Waals surface area contributed by atoms with E-state index in [1.54, 1.807) is 12.2 Å². The lowest BCUT2D eigenvalue weighted by Crippen LogP contribution is -2.57. The molecule has 0 saturated carbocycles. The van der Waals surface area contributed by atoms with Gasteiger partial charge in [-0.15, -0.1) is 0 Å². The largest absolute Gasteiger partial charge is 0.398 e. The molecule has 0 bridgehead atoms. The quantitative estimate of drug-likeness (QED) is 0.494. The van der Waals surface area contributed by atoms with Crippen LogP contribution in [0, 0.1) is 0 Å². The monoisotopic (exact) mass is 217 g/mol. The van der Waals surface area contributed by atoms with Gasteiger partial charge in [0.25, 0.3) is 0 Å². The fourth-order valence-electron chi connectivity index (χ4n) is 1.84. The second-order valence-electron chi connectivity index (χ2n) is 3.91. The lowest BCUT2D eigenvalue weighted by atomic mass is 9.85. The Morgan fingerprint density at radius 1 is 1.19 bits per heavy atom. The van der Waals surface area contributed by atoms with Gasteiger partial charge in [0.05, 0.1) is 6.04 Å². The lowest BCUT2D eigenvalue weighted by molar-refractivity contribution is 0.0934. The van der Waals surface area contributed by atoms with Crippen molar-refractivity contribution in [1.29, 1.82) is 0 Å². The van der Waals surface area contributed by atoms with Crippen LogP contribution in [0.5, 0.6) is 0 Å². The SMILES string of the molecule is NC1=C(c2ccccc2)[C@](N)(O)[C@H](N)C=C1. The van der Waals surface area contributed by atoms with Crippen LogP contribution in [0.3, 0.4) is 0 Å². The smallest absolute Gasteiger partial charge is 0.161 e. The standard InChI is InChI=1S/C12H15N3O/c13-9-6-7-10(14)12(15,16)11(9)8-4-2-1-3-5-8/h1-7,10,16H,13-15H2/t10-,12-/m1/s1. The molecule has 0 amide bonds. The highest BCUT2D eigenvalue weighted by atomic mass is 16.3. The maximum absolute atomic E-state index is 10.2. The number of hydrogen-bond acceptors (Lipinski definition) is 4. The third-order valence-electron chi connectivity index (χ3n) is 2.74. The van der Waals surface area contributed by atoms with Crippen molar-refractivity contribution in [1.82, 2.24) is 0 Å². The Balaban J connectivity index is 2.57. The predicted octanol–water partition coefficient (Wildman–Crippen LogP) is -0.0992. The highest BCUT2D eigenvalue weighted by molar-refractivity contribution is 5.78. The van der Waals surface area contributed by atoms with Gasteiger partial charge in [-0.3, -0.25) is 5.73 Å². The van der Waals surface area contributed by atoms with Gasteiger partial charge < -0.3 is 16.6 Å². The number of nitrogens with two attached hydrogens (primary N) is 3. The van der Waals surface area contributed by atoms with Crippen molar-refractivity contribution in [3.63, 3.8) is 0 Å². The highest BCUT2D eigenvalue weighted by Gasteiger charge is 2.37. The lowest BCUT2D eigenvalue weighted by Gasteiger charge is -2.34. The van der Waals surface area contributed by atoms with E-state index in [2.05, 4.69) is 0 Å². The van der Waals surface area contributed by atoms with Gasteiger partial charge in [-0.1, -0.05) is 36.4 Å². The molecule has 0 heterocycles. The summed E-state index contributed by atoms with van der Waals surface area (Å²) in [6, 6.07) is 8.62. The summed E-state index contributed by atoms with van der Waals surface area (Å²) < 4.78 is 0. The summed E-state index contributed by atoms with van der Waals surface area (Å²) in [6.45, 7) is 0. The average Bonchev–Trinajstić information content (AvgIpc) is 2.25. The second-order valence-corrected chi connectivity index (χ2v) is 3.91. The molecule has 7 N–H and O–H groups in total. The van der Waals surface area contributed by atoms with Crippen LogP contribution in [-0.2, 0) is 0 Å². The van der Waals surface area contributed by atoms with Crippen molar-refractivity contribution in [3.05, 3.63) is 53.7 Å². The third-order valence-corrected chi connectivity index (χ3v) is 2.74. The Morgan fingerprint density at radius 2 is 1.81 bits per heavy atom. The van der Waals surface area contributed by atoms with E-state index in [4.69, 9.17) is 17.2 Å². The first-order valence-electron chi connectivity index (χ1n) is 5.04. The van der Waals surface area contributed by atoms with E-state index < -0.39 is 11.8 Å². The molecule has 0 aromatic heterocycles. The summed E-state index contributed by atoms with van der Waals surface area (Å²) in [7, 11) is 0. The molecule has 16 heavy (non-hydrogen) atoms. The molecule has 4 heteroatoms. The van der Waals surface area contributed by atoms with E-state index >= 15 is 0 Å². The van der Waals surface area contributed by atoms with E-state index in [1.165, 1.54) is 0 Å². The van der Waals surface area contributed by atoms with E-state index in [-0.39, 0.29) is 0 Å². The van der Waals surface area contributed by atoms with Gasteiger partial charge in [0.2, 0.25) is 0 Å². The molecule has 2 atom stereocenters. The zero-order valence-electron chi connectivity index (χ0n) is 8.80.